The van der Waals surface area contributed by atoms with Gasteiger partial charge >= 0.3 is 0 Å². The normalized spacial score (nSPS) is 11.5. The number of aromatic amines is 1. The predicted octanol–water partition coefficient (Wildman–Crippen LogP) is 23.8. The number of para-hydroxylation sites is 2. The fourth-order valence-corrected chi connectivity index (χ4v) is 14.5. The maximum Gasteiger partial charge on any atom is 0.164 e. The first-order valence-electron chi connectivity index (χ1n) is 33.1. The van der Waals surface area contributed by atoms with E-state index in [9.17, 15) is 0 Å². The molecule has 0 atom stereocenters. The SMILES string of the molecule is Brc1ccc(-c2nc(-c3ccccc3)nc(-c3ccccc3)n2)cc1.c1ccc(-c2nc(-c3ccccc3)nc(-c3ccc(-n4c5ccccc5c5c6ccc7ccccc7c6c6ccccc6c54)cc3)n2)cc1.c1ccc2c(c1)ccc1c2c2ccccc2c2[nH]c3ccccc3c12. The Morgan fingerprint density at radius 2 is 0.576 bits per heavy atom. The van der Waals surface area contributed by atoms with Gasteiger partial charge in [-0.25, -0.2) is 29.9 Å². The summed E-state index contributed by atoms with van der Waals surface area (Å²) >= 11 is 3.47. The molecule has 20 rings (SSSR count). The fraction of sp³-hybridized carbons (Fsp3) is 0. The lowest BCUT2D eigenvalue weighted by Gasteiger charge is -2.14. The van der Waals surface area contributed by atoms with Crippen LogP contribution in [-0.2, 0) is 0 Å². The van der Waals surface area contributed by atoms with Gasteiger partial charge in [-0.3, -0.25) is 0 Å². The minimum atomic E-state index is 0.643. The summed E-state index contributed by atoms with van der Waals surface area (Å²) in [6, 6.07) is 118. The second kappa shape index (κ2) is 25.1. The minimum Gasteiger partial charge on any atom is -0.354 e. The number of halogens is 1. The number of H-pyrrole nitrogens is 1. The molecule has 8 nitrogen and oxygen atoms in total. The topological polar surface area (TPSA) is 98.1 Å². The van der Waals surface area contributed by atoms with Gasteiger partial charge in [-0.1, -0.05) is 307 Å². The van der Waals surface area contributed by atoms with Crippen LogP contribution in [0.4, 0.5) is 0 Å². The van der Waals surface area contributed by atoms with E-state index in [0.717, 1.165) is 43.5 Å². The fourth-order valence-electron chi connectivity index (χ4n) is 14.3. The maximum atomic E-state index is 4.96. The molecular formula is C90H57BrN8. The van der Waals surface area contributed by atoms with E-state index in [4.69, 9.17) is 24.9 Å². The number of aromatic nitrogens is 8. The molecule has 0 unspecified atom stereocenters. The molecule has 20 aromatic rings. The molecule has 0 aliphatic rings. The van der Waals surface area contributed by atoms with Crippen LogP contribution in [0.2, 0.25) is 0 Å². The van der Waals surface area contributed by atoms with Crippen molar-refractivity contribution in [2.75, 3.05) is 0 Å². The predicted molar refractivity (Wildman–Crippen MR) is 415 cm³/mol. The van der Waals surface area contributed by atoms with E-state index in [-0.39, 0.29) is 0 Å². The first-order valence-corrected chi connectivity index (χ1v) is 33.9. The number of fused-ring (bicyclic) bond motifs is 20. The Morgan fingerprint density at radius 3 is 1.05 bits per heavy atom. The number of nitrogens with zero attached hydrogens (tertiary/aromatic N) is 7. The second-order valence-electron chi connectivity index (χ2n) is 24.6. The molecule has 0 bridgehead atoms. The third-order valence-electron chi connectivity index (χ3n) is 18.8. The van der Waals surface area contributed by atoms with E-state index in [2.05, 4.69) is 225 Å². The first-order chi connectivity index (χ1) is 49.0. The first kappa shape index (κ1) is 58.7. The average Bonchev–Trinajstić information content (AvgIpc) is 1.59. The summed E-state index contributed by atoms with van der Waals surface area (Å²) in [7, 11) is 0. The van der Waals surface area contributed by atoms with E-state index >= 15 is 0 Å². The minimum absolute atomic E-state index is 0.643. The van der Waals surface area contributed by atoms with Gasteiger partial charge in [-0.05, 0) is 102 Å². The van der Waals surface area contributed by atoms with Gasteiger partial charge < -0.3 is 9.55 Å². The van der Waals surface area contributed by atoms with E-state index < -0.39 is 0 Å². The van der Waals surface area contributed by atoms with Crippen molar-refractivity contribution < 1.29 is 0 Å². The molecule has 99 heavy (non-hydrogen) atoms. The lowest BCUT2D eigenvalue weighted by atomic mass is 9.93. The monoisotopic (exact) mass is 1330 g/mol. The molecule has 0 aliphatic heterocycles. The summed E-state index contributed by atoms with van der Waals surface area (Å²) in [6.07, 6.45) is 0. The Balaban J connectivity index is 0.000000119. The quantitative estimate of drug-likeness (QED) is 0.160. The summed E-state index contributed by atoms with van der Waals surface area (Å²) in [5, 5.41) is 20.6. The zero-order chi connectivity index (χ0) is 65.8. The Hall–Kier alpha value is -12.8. The molecule has 1 N–H and O–H groups in total. The Morgan fingerprint density at radius 1 is 0.232 bits per heavy atom. The van der Waals surface area contributed by atoms with Crippen LogP contribution < -0.4 is 0 Å². The van der Waals surface area contributed by atoms with E-state index in [1.54, 1.807) is 0 Å². The number of nitrogens with one attached hydrogen (secondary N) is 1. The number of hydrogen-bond donors (Lipinski definition) is 1. The van der Waals surface area contributed by atoms with Crippen molar-refractivity contribution in [1.29, 1.82) is 0 Å². The van der Waals surface area contributed by atoms with Gasteiger partial charge in [0.1, 0.15) is 0 Å². The third kappa shape index (κ3) is 10.7. The van der Waals surface area contributed by atoms with Gasteiger partial charge in [0.05, 0.1) is 16.6 Å². The van der Waals surface area contributed by atoms with Crippen molar-refractivity contribution in [3.8, 4) is 74.0 Å². The highest BCUT2D eigenvalue weighted by molar-refractivity contribution is 9.10. The molecule has 0 fully saturated rings. The Bertz CT molecular complexity index is 6340. The standard InChI is InChI=1S/C45H28N4.C24H15N.C21H14BrN3/c1-3-14-30(15-4-1)43-46-44(31-16-5-2-6-17-31)48-45(47-43)32-23-26-33(27-24-32)49-39-22-12-11-21-37(39)41-38-28-25-29-13-7-8-18-34(29)40(38)35-19-9-10-20-36(35)42(41)49;1-2-8-16-15(7-1)13-14-20-22(16)17-9-3-4-10-18(17)24-23(20)19-11-5-6-12-21(19)25-24;22-18-13-11-17(12-14-18)21-24-19(15-7-3-1-4-8-15)23-20(25-21)16-9-5-2-6-10-16/h1-28H;1-14,25H;1-14H. The second-order valence-corrected chi connectivity index (χ2v) is 25.6. The summed E-state index contributed by atoms with van der Waals surface area (Å²) in [5.74, 6) is 3.97. The largest absolute Gasteiger partial charge is 0.354 e. The molecule has 4 aromatic heterocycles. The van der Waals surface area contributed by atoms with Crippen LogP contribution in [-0.4, -0.2) is 39.5 Å². The number of rotatable bonds is 7. The molecular weight excluding hydrogens is 1270 g/mol. The summed E-state index contributed by atoms with van der Waals surface area (Å²) < 4.78 is 3.45. The highest BCUT2D eigenvalue weighted by atomic mass is 79.9. The molecule has 0 aliphatic carbocycles. The van der Waals surface area contributed by atoms with E-state index in [0.29, 0.717) is 34.9 Å². The van der Waals surface area contributed by atoms with E-state index in [1.165, 1.54) is 108 Å². The zero-order valence-electron chi connectivity index (χ0n) is 53.3. The van der Waals surface area contributed by atoms with Crippen molar-refractivity contribution in [3.05, 3.63) is 344 Å². The van der Waals surface area contributed by atoms with Crippen molar-refractivity contribution in [3.63, 3.8) is 0 Å². The number of hydrogen-bond acceptors (Lipinski definition) is 6. The molecule has 0 spiro atoms. The Labute approximate surface area is 578 Å². The molecule has 16 aromatic carbocycles. The van der Waals surface area contributed by atoms with Gasteiger partial charge in [0, 0.05) is 81.4 Å². The number of benzene rings is 16. The van der Waals surface area contributed by atoms with Crippen LogP contribution in [0.25, 0.3) is 182 Å². The van der Waals surface area contributed by atoms with Crippen LogP contribution in [0.15, 0.2) is 344 Å². The van der Waals surface area contributed by atoms with E-state index in [1.807, 2.05) is 146 Å². The summed E-state index contributed by atoms with van der Waals surface area (Å²) in [5.41, 5.74) is 11.7. The summed E-state index contributed by atoms with van der Waals surface area (Å²) in [4.78, 5) is 32.5. The van der Waals surface area contributed by atoms with Gasteiger partial charge in [0.2, 0.25) is 0 Å². The molecule has 9 heteroatoms. The van der Waals surface area contributed by atoms with Crippen molar-refractivity contribution >= 4 is 124 Å². The van der Waals surface area contributed by atoms with Crippen LogP contribution in [0.5, 0.6) is 0 Å². The average molecular weight is 1330 g/mol. The van der Waals surface area contributed by atoms with Crippen LogP contribution in [0, 0.1) is 0 Å². The highest BCUT2D eigenvalue weighted by Gasteiger charge is 2.22. The van der Waals surface area contributed by atoms with Gasteiger partial charge in [-0.15, -0.1) is 0 Å². The zero-order valence-corrected chi connectivity index (χ0v) is 54.9. The molecule has 0 radical (unpaired) electrons. The molecule has 0 saturated carbocycles. The van der Waals surface area contributed by atoms with Crippen LogP contribution >= 0.6 is 15.9 Å². The maximum absolute atomic E-state index is 4.96. The van der Waals surface area contributed by atoms with Crippen LogP contribution in [0.3, 0.4) is 0 Å². The van der Waals surface area contributed by atoms with Gasteiger partial charge in [0.15, 0.2) is 34.9 Å². The van der Waals surface area contributed by atoms with Crippen LogP contribution in [0.1, 0.15) is 0 Å². The van der Waals surface area contributed by atoms with Crippen molar-refractivity contribution in [2.45, 2.75) is 0 Å². The van der Waals surface area contributed by atoms with Crippen molar-refractivity contribution in [2.24, 2.45) is 0 Å². The van der Waals surface area contributed by atoms with Gasteiger partial charge in [-0.2, -0.15) is 0 Å². The molecule has 0 amide bonds. The lowest BCUT2D eigenvalue weighted by Crippen LogP contribution is -2.00. The smallest absolute Gasteiger partial charge is 0.164 e. The Kier molecular flexibility index (Phi) is 14.9. The third-order valence-corrected chi connectivity index (χ3v) is 19.3. The lowest BCUT2D eigenvalue weighted by molar-refractivity contribution is 1.07. The molecule has 464 valence electrons. The van der Waals surface area contributed by atoms with Gasteiger partial charge in [0.25, 0.3) is 0 Å². The molecule has 0 saturated heterocycles. The highest BCUT2D eigenvalue weighted by Crippen LogP contribution is 2.46. The summed E-state index contributed by atoms with van der Waals surface area (Å²) in [6.45, 7) is 0. The molecule has 4 heterocycles. The van der Waals surface area contributed by atoms with Crippen molar-refractivity contribution in [1.82, 2.24) is 39.5 Å².